The molecule has 13 heavy (non-hydrogen) atoms. The molecule has 0 spiro atoms. The maximum absolute atomic E-state index is 11.3. The van der Waals surface area contributed by atoms with E-state index in [-0.39, 0.29) is 5.91 Å². The van der Waals surface area contributed by atoms with Crippen LogP contribution >= 0.6 is 11.6 Å². The number of hydrogen-bond donors (Lipinski definition) is 0. The van der Waals surface area contributed by atoms with Gasteiger partial charge in [0, 0.05) is 19.2 Å². The van der Waals surface area contributed by atoms with Gasteiger partial charge in [-0.1, -0.05) is 11.6 Å². The van der Waals surface area contributed by atoms with Gasteiger partial charge in [0.05, 0.1) is 5.02 Å². The van der Waals surface area contributed by atoms with Gasteiger partial charge in [-0.2, -0.15) is 0 Å². The van der Waals surface area contributed by atoms with E-state index >= 15 is 0 Å². The number of aromatic nitrogens is 1. The van der Waals surface area contributed by atoms with Crippen LogP contribution in [-0.2, 0) is 4.79 Å². The highest BCUT2D eigenvalue weighted by Gasteiger charge is 2.22. The molecule has 2 rings (SSSR count). The van der Waals surface area contributed by atoms with Gasteiger partial charge in [0.1, 0.15) is 5.82 Å². The minimum atomic E-state index is 0.148. The van der Waals surface area contributed by atoms with Gasteiger partial charge >= 0.3 is 0 Å². The Kier molecular flexibility index (Phi) is 2.19. The van der Waals surface area contributed by atoms with Gasteiger partial charge in [0.15, 0.2) is 0 Å². The molecule has 0 aliphatic carbocycles. The molecular weight excluding hydrogens is 188 g/mol. The Hall–Kier alpha value is -1.09. The minimum Gasteiger partial charge on any atom is -0.297 e. The number of halogens is 1. The Balaban J connectivity index is 2.25. The molecule has 1 amide bonds. The largest absolute Gasteiger partial charge is 0.297 e. The molecule has 1 fully saturated rings. The summed E-state index contributed by atoms with van der Waals surface area (Å²) in [5.41, 5.74) is 0. The second-order valence-corrected chi connectivity index (χ2v) is 3.42. The van der Waals surface area contributed by atoms with Gasteiger partial charge in [-0.05, 0) is 18.6 Å². The molecule has 0 bridgehead atoms. The summed E-state index contributed by atoms with van der Waals surface area (Å²) in [5, 5.41) is 0.593. The van der Waals surface area contributed by atoms with Crippen molar-refractivity contribution in [1.29, 1.82) is 0 Å². The van der Waals surface area contributed by atoms with Crippen molar-refractivity contribution in [3.8, 4) is 0 Å². The number of nitrogens with zero attached hydrogens (tertiary/aromatic N) is 2. The monoisotopic (exact) mass is 196 g/mol. The molecule has 1 aliphatic heterocycles. The van der Waals surface area contributed by atoms with Crippen LogP contribution in [0.3, 0.4) is 0 Å². The van der Waals surface area contributed by atoms with Crippen LogP contribution in [0, 0.1) is 0 Å². The van der Waals surface area contributed by atoms with E-state index in [2.05, 4.69) is 4.98 Å². The Morgan fingerprint density at radius 1 is 1.46 bits per heavy atom. The number of rotatable bonds is 1. The third kappa shape index (κ3) is 1.65. The van der Waals surface area contributed by atoms with Crippen LogP contribution in [-0.4, -0.2) is 17.4 Å². The van der Waals surface area contributed by atoms with E-state index in [1.807, 2.05) is 0 Å². The maximum Gasteiger partial charge on any atom is 0.228 e. The maximum atomic E-state index is 11.3. The standard InChI is InChI=1S/C9H9ClN2O/c10-7-3-4-8(11-6-7)12-5-1-2-9(12)13/h3-4,6H,1-2,5H2. The summed E-state index contributed by atoms with van der Waals surface area (Å²) in [4.78, 5) is 17.1. The molecule has 3 nitrogen and oxygen atoms in total. The van der Waals surface area contributed by atoms with Gasteiger partial charge in [0.25, 0.3) is 0 Å². The molecule has 0 atom stereocenters. The number of hydrogen-bond acceptors (Lipinski definition) is 2. The lowest BCUT2D eigenvalue weighted by Crippen LogP contribution is -2.24. The van der Waals surface area contributed by atoms with Crippen molar-refractivity contribution in [2.45, 2.75) is 12.8 Å². The van der Waals surface area contributed by atoms with Gasteiger partial charge in [-0.3, -0.25) is 9.69 Å². The van der Waals surface area contributed by atoms with Gasteiger partial charge in [-0.25, -0.2) is 4.98 Å². The molecule has 1 aliphatic rings. The van der Waals surface area contributed by atoms with Crippen LogP contribution in [0.2, 0.25) is 5.02 Å². The first kappa shape index (κ1) is 8.51. The van der Waals surface area contributed by atoms with E-state index < -0.39 is 0 Å². The molecule has 0 saturated carbocycles. The second-order valence-electron chi connectivity index (χ2n) is 2.98. The minimum absolute atomic E-state index is 0.148. The smallest absolute Gasteiger partial charge is 0.228 e. The van der Waals surface area contributed by atoms with E-state index in [0.717, 1.165) is 13.0 Å². The zero-order valence-electron chi connectivity index (χ0n) is 7.03. The van der Waals surface area contributed by atoms with Crippen molar-refractivity contribution < 1.29 is 4.79 Å². The quantitative estimate of drug-likeness (QED) is 0.687. The number of carbonyl (C=O) groups excluding carboxylic acids is 1. The first-order valence-corrected chi connectivity index (χ1v) is 4.57. The lowest BCUT2D eigenvalue weighted by Gasteiger charge is -2.13. The van der Waals surface area contributed by atoms with Gasteiger partial charge < -0.3 is 0 Å². The second kappa shape index (κ2) is 3.34. The highest BCUT2D eigenvalue weighted by molar-refractivity contribution is 6.30. The zero-order valence-corrected chi connectivity index (χ0v) is 7.79. The zero-order chi connectivity index (χ0) is 9.26. The molecular formula is C9H9ClN2O. The molecule has 2 heterocycles. The van der Waals surface area contributed by atoms with Crippen molar-refractivity contribution in [2.75, 3.05) is 11.4 Å². The first-order valence-electron chi connectivity index (χ1n) is 4.19. The van der Waals surface area contributed by atoms with E-state index in [4.69, 9.17) is 11.6 Å². The summed E-state index contributed by atoms with van der Waals surface area (Å²) in [6.45, 7) is 0.771. The molecule has 1 aromatic rings. The van der Waals surface area contributed by atoms with Crippen LogP contribution in [0.25, 0.3) is 0 Å². The van der Waals surface area contributed by atoms with Gasteiger partial charge in [0.2, 0.25) is 5.91 Å². The Morgan fingerprint density at radius 2 is 2.31 bits per heavy atom. The van der Waals surface area contributed by atoms with Crippen molar-refractivity contribution in [3.63, 3.8) is 0 Å². The Morgan fingerprint density at radius 3 is 2.85 bits per heavy atom. The van der Waals surface area contributed by atoms with Crippen LogP contribution < -0.4 is 4.90 Å². The van der Waals surface area contributed by atoms with E-state index in [1.54, 1.807) is 23.2 Å². The van der Waals surface area contributed by atoms with Crippen LogP contribution in [0.5, 0.6) is 0 Å². The van der Waals surface area contributed by atoms with Crippen molar-refractivity contribution >= 4 is 23.3 Å². The van der Waals surface area contributed by atoms with Crippen molar-refractivity contribution in [2.24, 2.45) is 0 Å². The third-order valence-electron chi connectivity index (χ3n) is 2.06. The summed E-state index contributed by atoms with van der Waals surface area (Å²) in [6, 6.07) is 3.51. The molecule has 68 valence electrons. The van der Waals surface area contributed by atoms with E-state index in [9.17, 15) is 4.79 Å². The Labute approximate surface area is 81.3 Å². The summed E-state index contributed by atoms with van der Waals surface area (Å²) >= 11 is 5.69. The van der Waals surface area contributed by atoms with E-state index in [0.29, 0.717) is 17.3 Å². The fourth-order valence-electron chi connectivity index (χ4n) is 1.42. The van der Waals surface area contributed by atoms with Gasteiger partial charge in [-0.15, -0.1) is 0 Å². The Bertz CT molecular complexity index is 323. The van der Waals surface area contributed by atoms with Crippen molar-refractivity contribution in [1.82, 2.24) is 4.98 Å². The number of pyridine rings is 1. The molecule has 1 aromatic heterocycles. The lowest BCUT2D eigenvalue weighted by atomic mass is 10.4. The SMILES string of the molecule is O=C1CCCN1c1ccc(Cl)cn1. The van der Waals surface area contributed by atoms with Crippen molar-refractivity contribution in [3.05, 3.63) is 23.4 Å². The molecule has 0 unspecified atom stereocenters. The summed E-state index contributed by atoms with van der Waals surface area (Å²) in [6.07, 6.45) is 3.11. The average molecular weight is 197 g/mol. The summed E-state index contributed by atoms with van der Waals surface area (Å²) < 4.78 is 0. The number of anilines is 1. The highest BCUT2D eigenvalue weighted by atomic mass is 35.5. The molecule has 0 N–H and O–H groups in total. The predicted molar refractivity (Wildman–Crippen MR) is 50.8 cm³/mol. The fraction of sp³-hybridized carbons (Fsp3) is 0.333. The third-order valence-corrected chi connectivity index (χ3v) is 2.29. The fourth-order valence-corrected chi connectivity index (χ4v) is 1.53. The van der Waals surface area contributed by atoms with Crippen LogP contribution in [0.1, 0.15) is 12.8 Å². The molecule has 0 aromatic carbocycles. The first-order chi connectivity index (χ1) is 6.27. The average Bonchev–Trinajstić information content (AvgIpc) is 2.53. The summed E-state index contributed by atoms with van der Waals surface area (Å²) in [5.74, 6) is 0.849. The number of carbonyl (C=O) groups is 1. The highest BCUT2D eigenvalue weighted by Crippen LogP contribution is 2.19. The lowest BCUT2D eigenvalue weighted by molar-refractivity contribution is -0.117. The summed E-state index contributed by atoms with van der Waals surface area (Å²) in [7, 11) is 0. The predicted octanol–water partition coefficient (Wildman–Crippen LogP) is 1.86. The molecule has 0 radical (unpaired) electrons. The molecule has 4 heteroatoms. The van der Waals surface area contributed by atoms with Crippen LogP contribution in [0.15, 0.2) is 18.3 Å². The topological polar surface area (TPSA) is 33.2 Å². The normalized spacial score (nSPS) is 16.7. The van der Waals surface area contributed by atoms with Crippen LogP contribution in [0.4, 0.5) is 5.82 Å². The molecule has 1 saturated heterocycles. The van der Waals surface area contributed by atoms with E-state index in [1.165, 1.54) is 0 Å². The number of amides is 1.